The van der Waals surface area contributed by atoms with E-state index in [1.807, 2.05) is 18.2 Å². The van der Waals surface area contributed by atoms with Gasteiger partial charge in [0.05, 0.1) is 37.8 Å². The third kappa shape index (κ3) is 4.34. The van der Waals surface area contributed by atoms with Crippen molar-refractivity contribution in [2.45, 2.75) is 30.8 Å². The van der Waals surface area contributed by atoms with Crippen molar-refractivity contribution in [3.05, 3.63) is 41.2 Å². The molecule has 31 heavy (non-hydrogen) atoms. The van der Waals surface area contributed by atoms with Crippen molar-refractivity contribution < 1.29 is 23.8 Å². The molecule has 0 radical (unpaired) electrons. The molecule has 2 aromatic heterocycles. The van der Waals surface area contributed by atoms with E-state index in [0.717, 1.165) is 5.56 Å². The topological polar surface area (TPSA) is 105 Å². The zero-order chi connectivity index (χ0) is 22.0. The zero-order valence-electron chi connectivity index (χ0n) is 17.5. The highest BCUT2D eigenvalue weighted by Gasteiger charge is 2.30. The standard InChI is InChI=1S/C21H22N4O5S/c1-4-30-19(27)11-31-21-23-20-22-16-7-12(8-17(26)15(16)10-25(20)24-21)14-6-5-13(28-2)9-18(14)29-3/h5-6,9-10,12H,4,7-8,11H2,1-3H3/t12-/m0/s1. The lowest BCUT2D eigenvalue weighted by molar-refractivity contribution is -0.139. The molecule has 0 bridgehead atoms. The summed E-state index contributed by atoms with van der Waals surface area (Å²) in [6.45, 7) is 2.08. The van der Waals surface area contributed by atoms with Crippen LogP contribution in [0.2, 0.25) is 0 Å². The largest absolute Gasteiger partial charge is 0.497 e. The lowest BCUT2D eigenvalue weighted by Gasteiger charge is -2.24. The van der Waals surface area contributed by atoms with Crippen LogP contribution in [-0.2, 0) is 16.0 Å². The molecule has 1 aliphatic rings. The van der Waals surface area contributed by atoms with Crippen LogP contribution in [0, 0.1) is 0 Å². The summed E-state index contributed by atoms with van der Waals surface area (Å²) in [5.41, 5.74) is 2.17. The minimum atomic E-state index is -0.329. The summed E-state index contributed by atoms with van der Waals surface area (Å²) >= 11 is 1.17. The van der Waals surface area contributed by atoms with Crippen LogP contribution in [-0.4, -0.2) is 57.9 Å². The number of ether oxygens (including phenoxy) is 3. The van der Waals surface area contributed by atoms with Crippen LogP contribution in [0.25, 0.3) is 5.78 Å². The van der Waals surface area contributed by atoms with Crippen molar-refractivity contribution in [1.29, 1.82) is 0 Å². The average Bonchev–Trinajstić information content (AvgIpc) is 3.18. The normalized spacial score (nSPS) is 15.6. The third-order valence-corrected chi connectivity index (χ3v) is 5.88. The average molecular weight is 442 g/mol. The first-order valence-corrected chi connectivity index (χ1v) is 10.8. The first-order valence-electron chi connectivity index (χ1n) is 9.82. The Morgan fingerprint density at radius 3 is 2.81 bits per heavy atom. The molecule has 2 heterocycles. The number of Topliss-reactive ketones (excluding diaryl/α,β-unsaturated/α-hetero) is 1. The molecule has 0 saturated carbocycles. The van der Waals surface area contributed by atoms with Gasteiger partial charge in [0.2, 0.25) is 5.16 Å². The van der Waals surface area contributed by atoms with Gasteiger partial charge in [-0.2, -0.15) is 4.98 Å². The number of methoxy groups -OCH3 is 2. The molecule has 0 unspecified atom stereocenters. The number of hydrogen-bond acceptors (Lipinski definition) is 9. The second kappa shape index (κ2) is 8.93. The number of thioether (sulfide) groups is 1. The van der Waals surface area contributed by atoms with E-state index in [2.05, 4.69) is 15.1 Å². The monoisotopic (exact) mass is 442 g/mol. The molecule has 0 spiro atoms. The van der Waals surface area contributed by atoms with Crippen molar-refractivity contribution >= 4 is 29.3 Å². The number of hydrogen-bond donors (Lipinski definition) is 0. The lowest BCUT2D eigenvalue weighted by atomic mass is 9.82. The number of nitrogens with zero attached hydrogens (tertiary/aromatic N) is 4. The molecule has 0 saturated heterocycles. The molecule has 1 aliphatic carbocycles. The summed E-state index contributed by atoms with van der Waals surface area (Å²) in [4.78, 5) is 33.4. The summed E-state index contributed by atoms with van der Waals surface area (Å²) in [6, 6.07) is 5.61. The summed E-state index contributed by atoms with van der Waals surface area (Å²) in [5.74, 6) is 1.49. The van der Waals surface area contributed by atoms with Crippen LogP contribution < -0.4 is 9.47 Å². The van der Waals surface area contributed by atoms with E-state index in [0.29, 0.717) is 53.1 Å². The highest BCUT2D eigenvalue weighted by atomic mass is 32.2. The van der Waals surface area contributed by atoms with Crippen LogP contribution in [0.4, 0.5) is 0 Å². The van der Waals surface area contributed by atoms with Crippen molar-refractivity contribution in [3.8, 4) is 11.5 Å². The Bertz CT molecular complexity index is 1150. The van der Waals surface area contributed by atoms with Gasteiger partial charge in [0, 0.05) is 24.6 Å². The molecule has 0 fully saturated rings. The number of ketones is 1. The van der Waals surface area contributed by atoms with Gasteiger partial charge in [-0.3, -0.25) is 9.59 Å². The molecule has 9 nitrogen and oxygen atoms in total. The summed E-state index contributed by atoms with van der Waals surface area (Å²) in [5, 5.41) is 4.73. The van der Waals surface area contributed by atoms with Gasteiger partial charge in [0.25, 0.3) is 5.78 Å². The van der Waals surface area contributed by atoms with Crippen molar-refractivity contribution in [1.82, 2.24) is 19.6 Å². The minimum absolute atomic E-state index is 0.00486. The zero-order valence-corrected chi connectivity index (χ0v) is 18.3. The van der Waals surface area contributed by atoms with Crippen LogP contribution in [0.3, 0.4) is 0 Å². The maximum atomic E-state index is 12.9. The van der Waals surface area contributed by atoms with Crippen molar-refractivity contribution in [2.75, 3.05) is 26.6 Å². The Morgan fingerprint density at radius 1 is 1.23 bits per heavy atom. The van der Waals surface area contributed by atoms with Gasteiger partial charge in [0.15, 0.2) is 5.78 Å². The Labute approximate surface area is 183 Å². The minimum Gasteiger partial charge on any atom is -0.497 e. The maximum Gasteiger partial charge on any atom is 0.316 e. The quantitative estimate of drug-likeness (QED) is 0.403. The first-order chi connectivity index (χ1) is 15.0. The van der Waals surface area contributed by atoms with Gasteiger partial charge in [-0.05, 0) is 25.0 Å². The van der Waals surface area contributed by atoms with Gasteiger partial charge >= 0.3 is 5.97 Å². The Hall–Kier alpha value is -3.14. The van der Waals surface area contributed by atoms with Gasteiger partial charge in [0.1, 0.15) is 11.5 Å². The second-order valence-electron chi connectivity index (χ2n) is 6.97. The molecule has 0 aliphatic heterocycles. The molecule has 4 rings (SSSR count). The molecule has 0 amide bonds. The number of carbonyl (C=O) groups excluding carboxylic acids is 2. The van der Waals surface area contributed by atoms with E-state index < -0.39 is 0 Å². The number of esters is 1. The number of aromatic nitrogens is 4. The number of fused-ring (bicyclic) bond motifs is 2. The fourth-order valence-corrected chi connectivity index (χ4v) is 4.25. The Balaban J connectivity index is 1.60. The van der Waals surface area contributed by atoms with Gasteiger partial charge < -0.3 is 14.2 Å². The van der Waals surface area contributed by atoms with Crippen LogP contribution >= 0.6 is 11.8 Å². The Morgan fingerprint density at radius 2 is 2.06 bits per heavy atom. The molecule has 10 heteroatoms. The highest BCUT2D eigenvalue weighted by Crippen LogP contribution is 2.38. The summed E-state index contributed by atoms with van der Waals surface area (Å²) in [7, 11) is 3.20. The Kier molecular flexibility index (Phi) is 6.08. The molecular formula is C21H22N4O5S. The van der Waals surface area contributed by atoms with Gasteiger partial charge in [-0.25, -0.2) is 9.50 Å². The molecule has 1 aromatic carbocycles. The summed E-state index contributed by atoms with van der Waals surface area (Å²) < 4.78 is 17.2. The third-order valence-electron chi connectivity index (χ3n) is 5.07. The van der Waals surface area contributed by atoms with E-state index in [1.54, 1.807) is 27.3 Å². The second-order valence-corrected chi connectivity index (χ2v) is 7.91. The first kappa shape index (κ1) is 21.1. The van der Waals surface area contributed by atoms with E-state index >= 15 is 0 Å². The van der Waals surface area contributed by atoms with Crippen molar-refractivity contribution in [2.24, 2.45) is 0 Å². The fraction of sp³-hybridized carbons (Fsp3) is 0.381. The van der Waals surface area contributed by atoms with Gasteiger partial charge in [-0.15, -0.1) is 5.10 Å². The maximum absolute atomic E-state index is 12.9. The molecule has 162 valence electrons. The predicted molar refractivity (Wildman–Crippen MR) is 113 cm³/mol. The van der Waals surface area contributed by atoms with E-state index in [1.165, 1.54) is 16.3 Å². The molecule has 3 aromatic rings. The number of benzene rings is 1. The van der Waals surface area contributed by atoms with Crippen LogP contribution in [0.15, 0.2) is 29.6 Å². The molecule has 1 atom stereocenters. The number of carbonyl (C=O) groups is 2. The van der Waals surface area contributed by atoms with Crippen LogP contribution in [0.1, 0.15) is 40.9 Å². The van der Waals surface area contributed by atoms with Crippen LogP contribution in [0.5, 0.6) is 11.5 Å². The summed E-state index contributed by atoms with van der Waals surface area (Å²) in [6.07, 6.45) is 2.60. The van der Waals surface area contributed by atoms with Gasteiger partial charge in [-0.1, -0.05) is 17.8 Å². The lowest BCUT2D eigenvalue weighted by Crippen LogP contribution is -2.21. The van der Waals surface area contributed by atoms with E-state index in [-0.39, 0.29) is 23.4 Å². The fourth-order valence-electron chi connectivity index (χ4n) is 3.63. The number of rotatable bonds is 7. The van der Waals surface area contributed by atoms with E-state index in [4.69, 9.17) is 14.2 Å². The smallest absolute Gasteiger partial charge is 0.316 e. The SMILES string of the molecule is CCOC(=O)CSc1nc2nc3c(cn2n1)C(=O)C[C@@H](c1ccc(OC)cc1OC)C3. The highest BCUT2D eigenvalue weighted by molar-refractivity contribution is 7.99. The van der Waals surface area contributed by atoms with Crippen molar-refractivity contribution in [3.63, 3.8) is 0 Å². The predicted octanol–water partition coefficient (Wildman–Crippen LogP) is 2.71. The molecular weight excluding hydrogens is 420 g/mol. The van der Waals surface area contributed by atoms with E-state index in [9.17, 15) is 9.59 Å². The molecule has 0 N–H and O–H groups in total.